The first kappa shape index (κ1) is 22.2. The van der Waals surface area contributed by atoms with Crippen LogP contribution in [0.1, 0.15) is 20.9 Å². The van der Waals surface area contributed by atoms with Crippen LogP contribution in [0.3, 0.4) is 0 Å². The molecule has 0 radical (unpaired) electrons. The van der Waals surface area contributed by atoms with Gasteiger partial charge in [-0.3, -0.25) is 4.79 Å². The molecule has 0 saturated carbocycles. The van der Waals surface area contributed by atoms with Gasteiger partial charge in [0.15, 0.2) is 17.3 Å². The summed E-state index contributed by atoms with van der Waals surface area (Å²) in [5.41, 5.74) is 0.760. The van der Waals surface area contributed by atoms with Crippen LogP contribution in [-0.2, 0) is 22.6 Å². The van der Waals surface area contributed by atoms with E-state index in [1.54, 1.807) is 18.2 Å². The molecule has 33 heavy (non-hydrogen) atoms. The number of thiophene rings is 1. The molecule has 0 aliphatic rings. The Morgan fingerprint density at radius 2 is 1.88 bits per heavy atom. The van der Waals surface area contributed by atoms with Crippen molar-refractivity contribution in [1.82, 2.24) is 5.16 Å². The first-order valence-electron chi connectivity index (χ1n) is 9.82. The van der Waals surface area contributed by atoms with E-state index in [9.17, 15) is 9.59 Å². The van der Waals surface area contributed by atoms with Gasteiger partial charge in [0, 0.05) is 23.1 Å². The standard InChI is InChI=1S/C23H20N2O7S/c1-28-19-11-16(17(12-20(19)29-2)24-22(26)10-15-5-4-8-33-15)23(27)31-13-14-9-21(32-25-14)18-6-3-7-30-18/h3-9,11-12H,10,13H2,1-2H3,(H,24,26). The normalized spacial score (nSPS) is 10.6. The highest BCUT2D eigenvalue weighted by Crippen LogP contribution is 2.34. The molecule has 0 saturated heterocycles. The summed E-state index contributed by atoms with van der Waals surface area (Å²) in [4.78, 5) is 26.3. The number of aromatic nitrogens is 1. The van der Waals surface area contributed by atoms with Crippen LogP contribution >= 0.6 is 11.3 Å². The Morgan fingerprint density at radius 1 is 1.06 bits per heavy atom. The molecule has 4 rings (SSSR count). The van der Waals surface area contributed by atoms with Crippen molar-refractivity contribution in [3.8, 4) is 23.0 Å². The summed E-state index contributed by atoms with van der Waals surface area (Å²) in [6, 6.07) is 11.8. The lowest BCUT2D eigenvalue weighted by Gasteiger charge is -2.15. The molecule has 1 N–H and O–H groups in total. The second-order valence-electron chi connectivity index (χ2n) is 6.79. The van der Waals surface area contributed by atoms with E-state index in [-0.39, 0.29) is 30.2 Å². The van der Waals surface area contributed by atoms with Crippen LogP contribution in [0.2, 0.25) is 0 Å². The number of ether oxygens (including phenoxy) is 3. The lowest BCUT2D eigenvalue weighted by Crippen LogP contribution is -2.17. The van der Waals surface area contributed by atoms with Gasteiger partial charge in [0.05, 0.1) is 38.2 Å². The molecule has 4 aromatic rings. The topological polar surface area (TPSA) is 113 Å². The van der Waals surface area contributed by atoms with Crippen molar-refractivity contribution in [2.45, 2.75) is 13.0 Å². The minimum atomic E-state index is -0.676. The number of nitrogens with one attached hydrogen (secondary N) is 1. The van der Waals surface area contributed by atoms with Gasteiger partial charge in [0.1, 0.15) is 12.3 Å². The van der Waals surface area contributed by atoms with Crippen molar-refractivity contribution in [3.05, 3.63) is 70.2 Å². The second kappa shape index (κ2) is 10.0. The van der Waals surface area contributed by atoms with Gasteiger partial charge in [-0.2, -0.15) is 0 Å². The molecule has 0 spiro atoms. The zero-order valence-electron chi connectivity index (χ0n) is 17.8. The Labute approximate surface area is 192 Å². The Balaban J connectivity index is 1.51. The van der Waals surface area contributed by atoms with Gasteiger partial charge >= 0.3 is 5.97 Å². The molecule has 3 aromatic heterocycles. The van der Waals surface area contributed by atoms with E-state index in [4.69, 9.17) is 23.2 Å². The second-order valence-corrected chi connectivity index (χ2v) is 7.83. The highest BCUT2D eigenvalue weighted by molar-refractivity contribution is 7.10. The molecule has 0 aliphatic heterocycles. The first-order chi connectivity index (χ1) is 16.1. The number of nitrogens with zero attached hydrogens (tertiary/aromatic N) is 1. The zero-order chi connectivity index (χ0) is 23.2. The average Bonchev–Trinajstić information content (AvgIpc) is 3.59. The fraction of sp³-hybridized carbons (Fsp3) is 0.174. The number of hydrogen-bond acceptors (Lipinski definition) is 9. The number of furan rings is 1. The summed E-state index contributed by atoms with van der Waals surface area (Å²) < 4.78 is 26.5. The van der Waals surface area contributed by atoms with Crippen molar-refractivity contribution in [3.63, 3.8) is 0 Å². The van der Waals surface area contributed by atoms with E-state index in [1.807, 2.05) is 17.5 Å². The quantitative estimate of drug-likeness (QED) is 0.356. The molecule has 1 amide bonds. The number of anilines is 1. The minimum absolute atomic E-state index is 0.113. The number of rotatable bonds is 9. The number of carbonyl (C=O) groups excluding carboxylic acids is 2. The molecule has 1 aromatic carbocycles. The molecule has 0 aliphatic carbocycles. The SMILES string of the molecule is COc1cc(NC(=O)Cc2cccs2)c(C(=O)OCc2cc(-c3ccco3)on2)cc1OC. The molecular weight excluding hydrogens is 448 g/mol. The smallest absolute Gasteiger partial charge is 0.340 e. The summed E-state index contributed by atoms with van der Waals surface area (Å²) in [5.74, 6) is 0.653. The number of hydrogen-bond donors (Lipinski definition) is 1. The largest absolute Gasteiger partial charge is 0.493 e. The van der Waals surface area contributed by atoms with Crippen LogP contribution in [0, 0.1) is 0 Å². The van der Waals surface area contributed by atoms with Crippen LogP contribution in [-0.4, -0.2) is 31.3 Å². The fourth-order valence-corrected chi connectivity index (χ4v) is 3.75. The van der Waals surface area contributed by atoms with E-state index < -0.39 is 5.97 Å². The van der Waals surface area contributed by atoms with Gasteiger partial charge in [-0.25, -0.2) is 4.79 Å². The Kier molecular flexibility index (Phi) is 6.75. The summed E-state index contributed by atoms with van der Waals surface area (Å²) in [6.07, 6.45) is 1.69. The van der Waals surface area contributed by atoms with E-state index in [1.165, 1.54) is 44.0 Å². The molecule has 170 valence electrons. The average molecular weight is 468 g/mol. The van der Waals surface area contributed by atoms with Crippen LogP contribution in [0.25, 0.3) is 11.5 Å². The van der Waals surface area contributed by atoms with Crippen LogP contribution in [0.4, 0.5) is 5.69 Å². The van der Waals surface area contributed by atoms with E-state index in [0.717, 1.165) is 4.88 Å². The number of benzene rings is 1. The minimum Gasteiger partial charge on any atom is -0.493 e. The van der Waals surface area contributed by atoms with Crippen LogP contribution < -0.4 is 14.8 Å². The van der Waals surface area contributed by atoms with E-state index in [2.05, 4.69) is 10.5 Å². The number of amides is 1. The van der Waals surface area contributed by atoms with E-state index >= 15 is 0 Å². The molecule has 3 heterocycles. The summed E-state index contributed by atoms with van der Waals surface area (Å²) >= 11 is 1.47. The Morgan fingerprint density at radius 3 is 2.58 bits per heavy atom. The molecule has 10 heteroatoms. The Bertz CT molecular complexity index is 1230. The summed E-state index contributed by atoms with van der Waals surface area (Å²) in [7, 11) is 2.92. The van der Waals surface area contributed by atoms with Gasteiger partial charge in [0.25, 0.3) is 0 Å². The highest BCUT2D eigenvalue weighted by atomic mass is 32.1. The number of methoxy groups -OCH3 is 2. The molecular formula is C23H20N2O7S. The zero-order valence-corrected chi connectivity index (χ0v) is 18.6. The van der Waals surface area contributed by atoms with Crippen molar-refractivity contribution < 1.29 is 32.7 Å². The predicted octanol–water partition coefficient (Wildman–Crippen LogP) is 4.55. The maximum absolute atomic E-state index is 12.9. The van der Waals surface area contributed by atoms with Crippen LogP contribution in [0.15, 0.2) is 63.0 Å². The molecule has 0 unspecified atom stereocenters. The summed E-state index contributed by atoms with van der Waals surface area (Å²) in [6.45, 7) is -0.139. The van der Waals surface area contributed by atoms with Gasteiger partial charge in [-0.1, -0.05) is 11.2 Å². The monoisotopic (exact) mass is 468 g/mol. The van der Waals surface area contributed by atoms with E-state index in [0.29, 0.717) is 28.7 Å². The lowest BCUT2D eigenvalue weighted by molar-refractivity contribution is -0.115. The number of esters is 1. The maximum Gasteiger partial charge on any atom is 0.340 e. The van der Waals surface area contributed by atoms with Crippen LogP contribution in [0.5, 0.6) is 11.5 Å². The highest BCUT2D eigenvalue weighted by Gasteiger charge is 2.21. The van der Waals surface area contributed by atoms with Crippen molar-refractivity contribution in [1.29, 1.82) is 0 Å². The van der Waals surface area contributed by atoms with Crippen molar-refractivity contribution in [2.75, 3.05) is 19.5 Å². The first-order valence-corrected chi connectivity index (χ1v) is 10.7. The number of carbonyl (C=O) groups is 2. The van der Waals surface area contributed by atoms with Gasteiger partial charge in [-0.15, -0.1) is 11.3 Å². The lowest BCUT2D eigenvalue weighted by atomic mass is 10.1. The third kappa shape index (κ3) is 5.24. The third-order valence-corrected chi connectivity index (χ3v) is 5.48. The predicted molar refractivity (Wildman–Crippen MR) is 120 cm³/mol. The van der Waals surface area contributed by atoms with Crippen molar-refractivity contribution in [2.24, 2.45) is 0 Å². The molecule has 0 bridgehead atoms. The molecule has 9 nitrogen and oxygen atoms in total. The maximum atomic E-state index is 12.9. The molecule has 0 atom stereocenters. The molecule has 0 fully saturated rings. The van der Waals surface area contributed by atoms with Gasteiger partial charge in [-0.05, 0) is 23.6 Å². The van der Waals surface area contributed by atoms with Gasteiger partial charge in [0.2, 0.25) is 11.7 Å². The summed E-state index contributed by atoms with van der Waals surface area (Å²) in [5, 5.41) is 8.54. The Hall–Kier alpha value is -4.05. The fourth-order valence-electron chi connectivity index (χ4n) is 3.05. The third-order valence-electron chi connectivity index (χ3n) is 4.61. The van der Waals surface area contributed by atoms with Crippen molar-refractivity contribution >= 4 is 28.9 Å². The van der Waals surface area contributed by atoms with Gasteiger partial charge < -0.3 is 28.5 Å².